The van der Waals surface area contributed by atoms with Crippen molar-refractivity contribution in [2.75, 3.05) is 18.4 Å². The Hall–Kier alpha value is -5.10. The number of aromatic nitrogens is 3. The molecule has 50 heavy (non-hydrogen) atoms. The molecule has 2 atom stereocenters. The van der Waals surface area contributed by atoms with Gasteiger partial charge in [0.05, 0.1) is 28.8 Å². The number of aryl methyl sites for hydroxylation is 1. The van der Waals surface area contributed by atoms with Gasteiger partial charge in [-0.2, -0.15) is 0 Å². The smallest absolute Gasteiger partial charge is 0.410 e. The zero-order chi connectivity index (χ0) is 35.5. The molecular weight excluding hydrogens is 658 g/mol. The maximum absolute atomic E-state index is 15.1. The number of hydrogen-bond acceptors (Lipinski definition) is 9. The van der Waals surface area contributed by atoms with E-state index in [4.69, 9.17) is 9.47 Å². The van der Waals surface area contributed by atoms with Crippen LogP contribution in [0.5, 0.6) is 11.6 Å². The average Bonchev–Trinajstić information content (AvgIpc) is 3.07. The third-order valence-electron chi connectivity index (χ3n) is 8.30. The van der Waals surface area contributed by atoms with Crippen LogP contribution in [0.2, 0.25) is 0 Å². The Balaban J connectivity index is 1.25. The second kappa shape index (κ2) is 14.4. The van der Waals surface area contributed by atoms with Crippen molar-refractivity contribution in [3.8, 4) is 22.9 Å². The molecule has 0 saturated carbocycles. The highest BCUT2D eigenvalue weighted by molar-refractivity contribution is 7.89. The molecule has 2 unspecified atom stereocenters. The zero-order valence-electron chi connectivity index (χ0n) is 28.5. The first-order valence-electron chi connectivity index (χ1n) is 16.5. The number of sulfone groups is 1. The Morgan fingerprint density at radius 3 is 2.52 bits per heavy atom. The highest BCUT2D eigenvalue weighted by Gasteiger charge is 2.34. The average molecular weight is 698 g/mol. The largest absolute Gasteiger partial charge is 0.444 e. The van der Waals surface area contributed by atoms with Crippen LogP contribution in [0.3, 0.4) is 0 Å². The van der Waals surface area contributed by atoms with E-state index in [2.05, 4.69) is 20.3 Å². The van der Waals surface area contributed by atoms with E-state index in [0.29, 0.717) is 22.6 Å². The van der Waals surface area contributed by atoms with E-state index in [1.807, 2.05) is 73.7 Å². The number of anilines is 1. The van der Waals surface area contributed by atoms with Gasteiger partial charge in [0.25, 0.3) is 0 Å². The van der Waals surface area contributed by atoms with E-state index in [1.165, 1.54) is 4.90 Å². The molecule has 1 fully saturated rings. The van der Waals surface area contributed by atoms with E-state index in [-0.39, 0.29) is 42.8 Å². The number of carbonyl (C=O) groups is 1. The van der Waals surface area contributed by atoms with Gasteiger partial charge >= 0.3 is 6.09 Å². The van der Waals surface area contributed by atoms with Gasteiger partial charge in [0, 0.05) is 30.9 Å². The Bertz CT molecular complexity index is 2110. The predicted molar refractivity (Wildman–Crippen MR) is 192 cm³/mol. The highest BCUT2D eigenvalue weighted by Crippen LogP contribution is 2.38. The van der Waals surface area contributed by atoms with Gasteiger partial charge in [-0.05, 0) is 74.4 Å². The molecule has 6 rings (SSSR count). The van der Waals surface area contributed by atoms with Crippen LogP contribution in [-0.2, 0) is 26.1 Å². The second-order valence-corrected chi connectivity index (χ2v) is 15.5. The van der Waals surface area contributed by atoms with Crippen LogP contribution in [0.4, 0.5) is 15.1 Å². The molecule has 0 aliphatic carbocycles. The molecule has 0 spiro atoms. The first kappa shape index (κ1) is 34.8. The summed E-state index contributed by atoms with van der Waals surface area (Å²) in [6.07, 6.45) is 1.62. The van der Waals surface area contributed by atoms with Crippen molar-refractivity contribution < 1.29 is 27.1 Å². The number of rotatable bonds is 9. The summed E-state index contributed by atoms with van der Waals surface area (Å²) in [5, 5.41) is 4.59. The molecule has 1 saturated heterocycles. The number of alkyl halides is 1. The van der Waals surface area contributed by atoms with Gasteiger partial charge in [0.2, 0.25) is 11.8 Å². The molecule has 0 bridgehead atoms. The van der Waals surface area contributed by atoms with Gasteiger partial charge in [-0.15, -0.1) is 0 Å². The van der Waals surface area contributed by atoms with E-state index in [9.17, 15) is 13.2 Å². The third kappa shape index (κ3) is 8.36. The molecule has 1 aliphatic heterocycles. The predicted octanol–water partition coefficient (Wildman–Crippen LogP) is 7.67. The van der Waals surface area contributed by atoms with Crippen molar-refractivity contribution >= 4 is 32.7 Å². The first-order valence-corrected chi connectivity index (χ1v) is 18.3. The van der Waals surface area contributed by atoms with Crippen LogP contribution in [0.15, 0.2) is 91.3 Å². The number of halogens is 1. The summed E-state index contributed by atoms with van der Waals surface area (Å²) < 4.78 is 53.5. The number of benzene rings is 3. The minimum atomic E-state index is -3.46. The lowest BCUT2D eigenvalue weighted by Gasteiger charge is -2.36. The molecule has 1 aliphatic rings. The van der Waals surface area contributed by atoms with E-state index < -0.39 is 33.7 Å². The Kier molecular flexibility index (Phi) is 10.0. The number of likely N-dealkylation sites (tertiary alicyclic amines) is 1. The Labute approximate surface area is 291 Å². The van der Waals surface area contributed by atoms with Crippen LogP contribution < -0.4 is 10.1 Å². The monoisotopic (exact) mass is 697 g/mol. The molecule has 260 valence electrons. The second-order valence-electron chi connectivity index (χ2n) is 13.4. The summed E-state index contributed by atoms with van der Waals surface area (Å²) in [5.74, 6) is 0.845. The summed E-state index contributed by atoms with van der Waals surface area (Å²) in [5.41, 5.74) is 2.66. The number of pyridine rings is 1. The number of fused-ring (bicyclic) bond motifs is 1. The SMILES string of the molecule is Cc1ccc2c(CS(=O)(=O)Cc3ccccc3)cccc2c1Oc1ncccc1-c1ccnc(NC2CN(C(=O)OC(C)(C)C)CCC2F)n1. The van der Waals surface area contributed by atoms with Gasteiger partial charge in [-0.3, -0.25) is 0 Å². The molecule has 3 aromatic carbocycles. The molecule has 0 radical (unpaired) electrons. The van der Waals surface area contributed by atoms with Gasteiger partial charge in [0.1, 0.15) is 17.5 Å². The van der Waals surface area contributed by atoms with E-state index >= 15 is 4.39 Å². The quantitative estimate of drug-likeness (QED) is 0.165. The van der Waals surface area contributed by atoms with Crippen molar-refractivity contribution in [1.29, 1.82) is 0 Å². The fraction of sp³-hybridized carbons (Fsp3) is 0.316. The summed E-state index contributed by atoms with van der Waals surface area (Å²) in [6, 6.07) is 23.1. The van der Waals surface area contributed by atoms with Gasteiger partial charge in [0.15, 0.2) is 9.84 Å². The topological polar surface area (TPSA) is 124 Å². The Morgan fingerprint density at radius 2 is 1.74 bits per heavy atom. The minimum Gasteiger partial charge on any atom is -0.444 e. The van der Waals surface area contributed by atoms with Gasteiger partial charge in [-0.25, -0.2) is 32.6 Å². The number of amides is 1. The number of piperidine rings is 1. The van der Waals surface area contributed by atoms with Crippen molar-refractivity contribution in [2.45, 2.75) is 63.4 Å². The maximum atomic E-state index is 15.1. The molecule has 2 aromatic heterocycles. The molecule has 12 heteroatoms. The molecule has 1 amide bonds. The molecular formula is C38H40FN5O5S. The molecule has 1 N–H and O–H groups in total. The molecule has 3 heterocycles. The van der Waals surface area contributed by atoms with Crippen molar-refractivity contribution in [3.05, 3.63) is 108 Å². The molecule has 5 aromatic rings. The van der Waals surface area contributed by atoms with Gasteiger partial charge < -0.3 is 19.7 Å². The Morgan fingerprint density at radius 1 is 0.940 bits per heavy atom. The van der Waals surface area contributed by atoms with Crippen molar-refractivity contribution in [1.82, 2.24) is 19.9 Å². The summed E-state index contributed by atoms with van der Waals surface area (Å²) in [4.78, 5) is 27.7. The third-order valence-corrected chi connectivity index (χ3v) is 9.82. The van der Waals surface area contributed by atoms with E-state index in [1.54, 1.807) is 45.3 Å². The number of ether oxygens (including phenoxy) is 2. The normalized spacial score (nSPS) is 16.6. The van der Waals surface area contributed by atoms with Crippen molar-refractivity contribution in [3.63, 3.8) is 0 Å². The number of hydrogen-bond donors (Lipinski definition) is 1. The van der Waals surface area contributed by atoms with Crippen LogP contribution in [0.1, 0.15) is 43.9 Å². The van der Waals surface area contributed by atoms with E-state index in [0.717, 1.165) is 21.9 Å². The first-order chi connectivity index (χ1) is 23.8. The van der Waals surface area contributed by atoms with Crippen LogP contribution in [0.25, 0.3) is 22.0 Å². The van der Waals surface area contributed by atoms with Gasteiger partial charge in [-0.1, -0.05) is 60.7 Å². The summed E-state index contributed by atoms with van der Waals surface area (Å²) in [6.45, 7) is 7.64. The standard InChI is InChI=1S/C38H40FN5O5S/c1-25-15-16-28-27(24-50(46,47)23-26-10-6-5-7-11-26)12-8-13-29(28)34(25)48-35-30(14-9-19-40-35)32-17-20-41-36(42-32)43-33-22-44(21-18-31(33)39)37(45)49-38(2,3)4/h5-17,19-20,31,33H,18,21-24H2,1-4H3,(H,41,42,43). The van der Waals surface area contributed by atoms with Crippen LogP contribution >= 0.6 is 0 Å². The fourth-order valence-electron chi connectivity index (χ4n) is 5.94. The molecule has 10 nitrogen and oxygen atoms in total. The summed E-state index contributed by atoms with van der Waals surface area (Å²) in [7, 11) is -3.46. The fourth-order valence-corrected chi connectivity index (χ4v) is 7.47. The van der Waals surface area contributed by atoms with Crippen LogP contribution in [-0.4, -0.2) is 65.3 Å². The lowest BCUT2D eigenvalue weighted by atomic mass is 10.0. The maximum Gasteiger partial charge on any atom is 0.410 e. The minimum absolute atomic E-state index is 0.0543. The van der Waals surface area contributed by atoms with Crippen LogP contribution in [0, 0.1) is 6.92 Å². The zero-order valence-corrected chi connectivity index (χ0v) is 29.3. The summed E-state index contributed by atoms with van der Waals surface area (Å²) >= 11 is 0. The lowest BCUT2D eigenvalue weighted by Crippen LogP contribution is -2.52. The highest BCUT2D eigenvalue weighted by atomic mass is 32.2. The number of nitrogens with zero attached hydrogens (tertiary/aromatic N) is 4. The van der Waals surface area contributed by atoms with Crippen molar-refractivity contribution in [2.24, 2.45) is 0 Å². The lowest BCUT2D eigenvalue weighted by molar-refractivity contribution is 0.0150. The number of nitrogens with one attached hydrogen (secondary N) is 1. The number of carbonyl (C=O) groups excluding carboxylic acids is 1.